The zero-order chi connectivity index (χ0) is 16.7. The molecular weight excluding hydrogens is 372 g/mol. The maximum absolute atomic E-state index is 13.1. The van der Waals surface area contributed by atoms with Crippen LogP contribution < -0.4 is 10.1 Å². The number of benzene rings is 2. The maximum Gasteiger partial charge on any atom is 0.325 e. The van der Waals surface area contributed by atoms with E-state index >= 15 is 0 Å². The van der Waals surface area contributed by atoms with Gasteiger partial charge in [-0.1, -0.05) is 46.3 Å². The Labute approximate surface area is 147 Å². The van der Waals surface area contributed by atoms with Crippen LogP contribution >= 0.6 is 15.9 Å². The molecule has 2 aliphatic rings. The molecule has 0 saturated carbocycles. The molecule has 2 aliphatic heterocycles. The molecule has 1 N–H and O–H groups in total. The number of nitrogens with one attached hydrogen (secondary N) is 1. The highest BCUT2D eigenvalue weighted by Crippen LogP contribution is 2.41. The highest BCUT2D eigenvalue weighted by atomic mass is 79.9. The van der Waals surface area contributed by atoms with Crippen LogP contribution in [0.2, 0.25) is 0 Å². The minimum atomic E-state index is -1.01. The van der Waals surface area contributed by atoms with E-state index in [9.17, 15) is 9.59 Å². The van der Waals surface area contributed by atoms with Gasteiger partial charge in [-0.2, -0.15) is 0 Å². The van der Waals surface area contributed by atoms with Crippen molar-refractivity contribution in [1.82, 2.24) is 10.2 Å². The molecule has 3 amide bonds. The molecule has 1 fully saturated rings. The Morgan fingerprint density at radius 1 is 1.12 bits per heavy atom. The number of urea groups is 1. The number of hydrogen-bond acceptors (Lipinski definition) is 3. The van der Waals surface area contributed by atoms with Gasteiger partial charge in [-0.3, -0.25) is 9.69 Å². The van der Waals surface area contributed by atoms with E-state index in [1.807, 2.05) is 48.5 Å². The zero-order valence-electron chi connectivity index (χ0n) is 12.8. The number of nitrogens with zero attached hydrogens (tertiary/aromatic N) is 1. The van der Waals surface area contributed by atoms with Crippen molar-refractivity contribution < 1.29 is 14.3 Å². The predicted octanol–water partition coefficient (Wildman–Crippen LogP) is 3.18. The van der Waals surface area contributed by atoms with Crippen LogP contribution in [-0.4, -0.2) is 23.4 Å². The van der Waals surface area contributed by atoms with E-state index in [-0.39, 0.29) is 18.5 Å². The first kappa shape index (κ1) is 15.2. The highest BCUT2D eigenvalue weighted by Gasteiger charge is 2.54. The lowest BCUT2D eigenvalue weighted by Crippen LogP contribution is -2.47. The van der Waals surface area contributed by atoms with Gasteiger partial charge >= 0.3 is 6.03 Å². The molecule has 0 aromatic heterocycles. The van der Waals surface area contributed by atoms with Gasteiger partial charge < -0.3 is 10.1 Å². The second-order valence-corrected chi connectivity index (χ2v) is 6.86. The van der Waals surface area contributed by atoms with E-state index in [1.165, 1.54) is 4.90 Å². The van der Waals surface area contributed by atoms with Gasteiger partial charge in [-0.05, 0) is 23.8 Å². The lowest BCUT2D eigenvalue weighted by Gasteiger charge is -2.33. The summed E-state index contributed by atoms with van der Waals surface area (Å²) in [6.07, 6.45) is 0.436. The van der Waals surface area contributed by atoms with Gasteiger partial charge in [0.15, 0.2) is 5.54 Å². The van der Waals surface area contributed by atoms with E-state index in [0.29, 0.717) is 18.8 Å². The van der Waals surface area contributed by atoms with E-state index in [1.54, 1.807) is 0 Å². The molecule has 122 valence electrons. The van der Waals surface area contributed by atoms with Crippen molar-refractivity contribution in [3.63, 3.8) is 0 Å². The summed E-state index contributed by atoms with van der Waals surface area (Å²) >= 11 is 3.38. The molecule has 1 spiro atoms. The van der Waals surface area contributed by atoms with Crippen molar-refractivity contribution >= 4 is 27.9 Å². The normalized spacial score (nSPS) is 22.3. The number of carbonyl (C=O) groups excluding carboxylic acids is 2. The lowest BCUT2D eigenvalue weighted by molar-refractivity contribution is -0.133. The maximum atomic E-state index is 13.1. The number of carbonyl (C=O) groups is 2. The van der Waals surface area contributed by atoms with Crippen LogP contribution in [0.15, 0.2) is 53.0 Å². The number of amides is 3. The average Bonchev–Trinajstić information content (AvgIpc) is 2.82. The Kier molecular flexibility index (Phi) is 3.57. The molecule has 2 aromatic carbocycles. The molecule has 24 heavy (non-hydrogen) atoms. The predicted molar refractivity (Wildman–Crippen MR) is 91.5 cm³/mol. The van der Waals surface area contributed by atoms with Crippen molar-refractivity contribution in [3.05, 3.63) is 64.1 Å². The fourth-order valence-electron chi connectivity index (χ4n) is 3.29. The average molecular weight is 387 g/mol. The molecular formula is C18H15BrN2O3. The summed E-state index contributed by atoms with van der Waals surface area (Å²) in [5.74, 6) is 0.439. The zero-order valence-corrected chi connectivity index (χ0v) is 14.4. The molecule has 4 rings (SSSR count). The standard InChI is InChI=1S/C18H15BrN2O3/c19-13-7-5-12(6-8-13)11-21-16(22)18(20-17(21)23)9-10-24-15-4-2-1-3-14(15)18/h1-8H,9-11H2,(H,20,23)/t18-/m1/s1. The van der Waals surface area contributed by atoms with Crippen LogP contribution in [-0.2, 0) is 16.9 Å². The molecule has 2 aromatic rings. The third-order valence-electron chi connectivity index (χ3n) is 4.51. The fraction of sp³-hybridized carbons (Fsp3) is 0.222. The highest BCUT2D eigenvalue weighted by molar-refractivity contribution is 9.10. The van der Waals surface area contributed by atoms with Gasteiger partial charge in [-0.25, -0.2) is 4.79 Å². The van der Waals surface area contributed by atoms with Crippen molar-refractivity contribution in [2.45, 2.75) is 18.5 Å². The van der Waals surface area contributed by atoms with Gasteiger partial charge in [0.2, 0.25) is 0 Å². The van der Waals surface area contributed by atoms with Crippen LogP contribution in [0.3, 0.4) is 0 Å². The second-order valence-electron chi connectivity index (χ2n) is 5.95. The van der Waals surface area contributed by atoms with Gasteiger partial charge in [0.1, 0.15) is 5.75 Å². The van der Waals surface area contributed by atoms with Crippen LogP contribution in [0, 0.1) is 0 Å². The third kappa shape index (κ3) is 2.29. The minimum Gasteiger partial charge on any atom is -0.493 e. The first-order valence-electron chi connectivity index (χ1n) is 7.71. The SMILES string of the molecule is O=C1N[C@@]2(CCOc3ccccc32)C(=O)N1Cc1ccc(Br)cc1. The number of ether oxygens (including phenoxy) is 1. The topological polar surface area (TPSA) is 58.6 Å². The monoisotopic (exact) mass is 386 g/mol. The molecule has 2 heterocycles. The van der Waals surface area contributed by atoms with E-state index < -0.39 is 5.54 Å². The van der Waals surface area contributed by atoms with E-state index in [4.69, 9.17) is 4.74 Å². The summed E-state index contributed by atoms with van der Waals surface area (Å²) in [5, 5.41) is 2.91. The first-order valence-corrected chi connectivity index (χ1v) is 8.50. The Balaban J connectivity index is 1.68. The molecule has 0 radical (unpaired) electrons. The second kappa shape index (κ2) is 5.63. The summed E-state index contributed by atoms with van der Waals surface area (Å²) < 4.78 is 6.59. The number of fused-ring (bicyclic) bond motifs is 2. The molecule has 0 bridgehead atoms. The van der Waals surface area contributed by atoms with Crippen LogP contribution in [0.5, 0.6) is 5.75 Å². The minimum absolute atomic E-state index is 0.217. The molecule has 0 unspecified atom stereocenters. The lowest BCUT2D eigenvalue weighted by atomic mass is 9.84. The number of halogens is 1. The molecule has 5 nitrogen and oxygen atoms in total. The Bertz CT molecular complexity index is 821. The van der Waals surface area contributed by atoms with Gasteiger partial charge in [0.25, 0.3) is 5.91 Å². The van der Waals surface area contributed by atoms with Crippen molar-refractivity contribution in [2.75, 3.05) is 6.61 Å². The van der Waals surface area contributed by atoms with E-state index in [0.717, 1.165) is 15.6 Å². The summed E-state index contributed by atoms with van der Waals surface area (Å²) in [6.45, 7) is 0.651. The largest absolute Gasteiger partial charge is 0.493 e. The van der Waals surface area contributed by atoms with Gasteiger partial charge in [-0.15, -0.1) is 0 Å². The smallest absolute Gasteiger partial charge is 0.325 e. The summed E-state index contributed by atoms with van der Waals surface area (Å²) in [4.78, 5) is 26.9. The number of imide groups is 1. The van der Waals surface area contributed by atoms with Gasteiger partial charge in [0, 0.05) is 16.5 Å². The van der Waals surface area contributed by atoms with Crippen LogP contribution in [0.4, 0.5) is 4.79 Å². The molecule has 0 aliphatic carbocycles. The van der Waals surface area contributed by atoms with Crippen LogP contribution in [0.25, 0.3) is 0 Å². The number of rotatable bonds is 2. The molecule has 1 saturated heterocycles. The van der Waals surface area contributed by atoms with Crippen LogP contribution in [0.1, 0.15) is 17.5 Å². The fourth-order valence-corrected chi connectivity index (χ4v) is 3.55. The first-order chi connectivity index (χ1) is 11.6. The van der Waals surface area contributed by atoms with E-state index in [2.05, 4.69) is 21.2 Å². The number of para-hydroxylation sites is 1. The van der Waals surface area contributed by atoms with Crippen molar-refractivity contribution in [3.8, 4) is 5.75 Å². The third-order valence-corrected chi connectivity index (χ3v) is 5.04. The summed E-state index contributed by atoms with van der Waals surface area (Å²) in [5.41, 5.74) is 0.619. The van der Waals surface area contributed by atoms with Crippen molar-refractivity contribution in [2.24, 2.45) is 0 Å². The summed E-state index contributed by atoms with van der Waals surface area (Å²) in [7, 11) is 0. The molecule has 1 atom stereocenters. The Hall–Kier alpha value is -2.34. The van der Waals surface area contributed by atoms with Gasteiger partial charge in [0.05, 0.1) is 13.2 Å². The number of hydrogen-bond donors (Lipinski definition) is 1. The Morgan fingerprint density at radius 2 is 1.88 bits per heavy atom. The quantitative estimate of drug-likeness (QED) is 0.806. The molecule has 6 heteroatoms. The summed E-state index contributed by atoms with van der Waals surface area (Å²) in [6, 6.07) is 14.6. The Morgan fingerprint density at radius 3 is 2.67 bits per heavy atom. The van der Waals surface area contributed by atoms with Crippen molar-refractivity contribution in [1.29, 1.82) is 0 Å².